The lowest BCUT2D eigenvalue weighted by molar-refractivity contribution is 0.805. The molecule has 0 aromatic rings. The first-order valence-corrected chi connectivity index (χ1v) is 2.69. The predicted octanol–water partition coefficient (Wildman–Crippen LogP) is 0.857. The van der Waals surface area contributed by atoms with E-state index in [1.54, 1.807) is 0 Å². The van der Waals surface area contributed by atoms with Crippen molar-refractivity contribution >= 4 is 0 Å². The van der Waals surface area contributed by atoms with Gasteiger partial charge in [0.1, 0.15) is 0 Å². The average Bonchev–Trinajstić information content (AvgIpc) is 1.90. The average molecular weight is 107 g/mol. The first-order valence-electron chi connectivity index (χ1n) is 2.69. The van der Waals surface area contributed by atoms with Crippen LogP contribution in [0.2, 0.25) is 0 Å². The molecule has 1 heteroatoms. The molecule has 0 radical (unpaired) electrons. The van der Waals surface area contributed by atoms with Crippen molar-refractivity contribution in [2.45, 2.75) is 0 Å². The standard InChI is InChI=1S/C7H9N/c1-2-7-4-3-5-8-6-7/h3-4,8H,1,5-6H2. The summed E-state index contributed by atoms with van der Waals surface area (Å²) in [6, 6.07) is 0. The van der Waals surface area contributed by atoms with Gasteiger partial charge in [-0.1, -0.05) is 18.7 Å². The largest absolute Gasteiger partial charge is 0.309 e. The van der Waals surface area contributed by atoms with Crippen LogP contribution in [0.5, 0.6) is 0 Å². The van der Waals surface area contributed by atoms with E-state index in [-0.39, 0.29) is 0 Å². The third-order valence-corrected chi connectivity index (χ3v) is 1.12. The van der Waals surface area contributed by atoms with Gasteiger partial charge in [0.2, 0.25) is 0 Å². The molecule has 0 saturated carbocycles. The van der Waals surface area contributed by atoms with Gasteiger partial charge in [-0.25, -0.2) is 0 Å². The Labute approximate surface area is 49.4 Å². The third-order valence-electron chi connectivity index (χ3n) is 1.12. The molecule has 1 rings (SSSR count). The van der Waals surface area contributed by atoms with Crippen LogP contribution in [0.4, 0.5) is 0 Å². The SMILES string of the molecule is C=C=C1C=CCNC1. The van der Waals surface area contributed by atoms with E-state index in [1.807, 2.05) is 6.08 Å². The molecule has 0 bridgehead atoms. The zero-order chi connectivity index (χ0) is 5.82. The Morgan fingerprint density at radius 1 is 1.75 bits per heavy atom. The molecule has 0 aromatic heterocycles. The summed E-state index contributed by atoms with van der Waals surface area (Å²) in [5, 5.41) is 3.16. The Morgan fingerprint density at radius 2 is 2.62 bits per heavy atom. The van der Waals surface area contributed by atoms with Crippen molar-refractivity contribution in [1.82, 2.24) is 5.32 Å². The van der Waals surface area contributed by atoms with Gasteiger partial charge in [0.05, 0.1) is 0 Å². The van der Waals surface area contributed by atoms with Crippen LogP contribution in [0, 0.1) is 0 Å². The van der Waals surface area contributed by atoms with Crippen molar-refractivity contribution in [2.24, 2.45) is 0 Å². The summed E-state index contributed by atoms with van der Waals surface area (Å²) in [6.45, 7) is 5.43. The molecule has 8 heavy (non-hydrogen) atoms. The fraction of sp³-hybridized carbons (Fsp3) is 0.286. The van der Waals surface area contributed by atoms with Gasteiger partial charge in [0.15, 0.2) is 0 Å². The van der Waals surface area contributed by atoms with Gasteiger partial charge in [-0.2, -0.15) is 0 Å². The molecule has 0 unspecified atom stereocenters. The quantitative estimate of drug-likeness (QED) is 0.453. The third kappa shape index (κ3) is 1.09. The lowest BCUT2D eigenvalue weighted by Crippen LogP contribution is -2.19. The van der Waals surface area contributed by atoms with Crippen molar-refractivity contribution in [3.63, 3.8) is 0 Å². The van der Waals surface area contributed by atoms with Crippen molar-refractivity contribution < 1.29 is 0 Å². The fourth-order valence-electron chi connectivity index (χ4n) is 0.672. The van der Waals surface area contributed by atoms with E-state index >= 15 is 0 Å². The van der Waals surface area contributed by atoms with E-state index < -0.39 is 0 Å². The summed E-state index contributed by atoms with van der Waals surface area (Å²) in [5.74, 6) is 0. The maximum atomic E-state index is 3.53. The predicted molar refractivity (Wildman–Crippen MR) is 34.7 cm³/mol. The molecule has 0 fully saturated rings. The highest BCUT2D eigenvalue weighted by Crippen LogP contribution is 1.94. The van der Waals surface area contributed by atoms with Crippen LogP contribution in [0.15, 0.2) is 30.0 Å². The molecule has 1 aliphatic heterocycles. The molecule has 0 aromatic carbocycles. The fourth-order valence-corrected chi connectivity index (χ4v) is 0.672. The second-order valence-corrected chi connectivity index (χ2v) is 1.74. The molecule has 1 aliphatic rings. The van der Waals surface area contributed by atoms with Gasteiger partial charge in [0, 0.05) is 18.7 Å². The van der Waals surface area contributed by atoms with E-state index in [9.17, 15) is 0 Å². The van der Waals surface area contributed by atoms with Gasteiger partial charge in [-0.15, -0.1) is 5.73 Å². The summed E-state index contributed by atoms with van der Waals surface area (Å²) in [6.07, 6.45) is 4.11. The van der Waals surface area contributed by atoms with Crippen LogP contribution in [0.25, 0.3) is 0 Å². The minimum absolute atomic E-state index is 0.917. The van der Waals surface area contributed by atoms with E-state index in [4.69, 9.17) is 0 Å². The molecule has 0 atom stereocenters. The normalized spacial score (nSPS) is 18.2. The molecule has 1 heterocycles. The Hall–Kier alpha value is -0.780. The van der Waals surface area contributed by atoms with E-state index in [0.29, 0.717) is 0 Å². The Morgan fingerprint density at radius 3 is 3.00 bits per heavy atom. The Bertz CT molecular complexity index is 150. The number of hydrogen-bond donors (Lipinski definition) is 1. The highest BCUT2D eigenvalue weighted by molar-refractivity contribution is 5.21. The lowest BCUT2D eigenvalue weighted by Gasteiger charge is -2.04. The highest BCUT2D eigenvalue weighted by atomic mass is 14.8. The summed E-state index contributed by atoms with van der Waals surface area (Å²) < 4.78 is 0. The van der Waals surface area contributed by atoms with Crippen LogP contribution in [-0.4, -0.2) is 13.1 Å². The smallest absolute Gasteiger partial charge is 0.0281 e. The maximum absolute atomic E-state index is 3.53. The minimum Gasteiger partial charge on any atom is -0.309 e. The van der Waals surface area contributed by atoms with Crippen molar-refractivity contribution in [3.8, 4) is 0 Å². The minimum atomic E-state index is 0.917. The molecule has 0 amide bonds. The van der Waals surface area contributed by atoms with Gasteiger partial charge in [0.25, 0.3) is 0 Å². The van der Waals surface area contributed by atoms with Gasteiger partial charge < -0.3 is 5.32 Å². The van der Waals surface area contributed by atoms with Crippen LogP contribution < -0.4 is 5.32 Å². The monoisotopic (exact) mass is 107 g/mol. The lowest BCUT2D eigenvalue weighted by atomic mass is 10.2. The Kier molecular flexibility index (Phi) is 1.68. The number of hydrogen-bond acceptors (Lipinski definition) is 1. The second-order valence-electron chi connectivity index (χ2n) is 1.74. The van der Waals surface area contributed by atoms with Crippen LogP contribution in [0.1, 0.15) is 0 Å². The van der Waals surface area contributed by atoms with Gasteiger partial charge in [-0.05, 0) is 0 Å². The zero-order valence-corrected chi connectivity index (χ0v) is 4.78. The van der Waals surface area contributed by atoms with E-state index in [2.05, 4.69) is 23.7 Å². The summed E-state index contributed by atoms with van der Waals surface area (Å²) >= 11 is 0. The van der Waals surface area contributed by atoms with E-state index in [1.165, 1.54) is 0 Å². The van der Waals surface area contributed by atoms with Crippen LogP contribution in [-0.2, 0) is 0 Å². The molecular weight excluding hydrogens is 98.1 g/mol. The van der Waals surface area contributed by atoms with Crippen molar-refractivity contribution in [1.29, 1.82) is 0 Å². The van der Waals surface area contributed by atoms with E-state index in [0.717, 1.165) is 18.7 Å². The highest BCUT2D eigenvalue weighted by Gasteiger charge is 1.92. The summed E-state index contributed by atoms with van der Waals surface area (Å²) in [4.78, 5) is 0. The molecular formula is C7H9N. The topological polar surface area (TPSA) is 12.0 Å². The molecule has 0 saturated heterocycles. The van der Waals surface area contributed by atoms with Crippen LogP contribution >= 0.6 is 0 Å². The molecule has 0 spiro atoms. The first kappa shape index (κ1) is 5.36. The maximum Gasteiger partial charge on any atom is 0.0281 e. The molecule has 0 aliphatic carbocycles. The first-order chi connectivity index (χ1) is 3.93. The second kappa shape index (κ2) is 2.51. The number of nitrogens with one attached hydrogen (secondary N) is 1. The number of rotatable bonds is 0. The molecule has 1 N–H and O–H groups in total. The van der Waals surface area contributed by atoms with Crippen molar-refractivity contribution in [2.75, 3.05) is 13.1 Å². The van der Waals surface area contributed by atoms with Gasteiger partial charge >= 0.3 is 0 Å². The van der Waals surface area contributed by atoms with Gasteiger partial charge in [-0.3, -0.25) is 0 Å². The molecule has 42 valence electrons. The summed E-state index contributed by atoms with van der Waals surface area (Å²) in [5.41, 5.74) is 3.97. The van der Waals surface area contributed by atoms with Crippen LogP contribution in [0.3, 0.4) is 0 Å². The Balaban J connectivity index is 2.70. The zero-order valence-electron chi connectivity index (χ0n) is 4.78. The molecule has 1 nitrogen and oxygen atoms in total. The van der Waals surface area contributed by atoms with Crippen molar-refractivity contribution in [3.05, 3.63) is 30.0 Å². The summed E-state index contributed by atoms with van der Waals surface area (Å²) in [7, 11) is 0.